The molecule has 0 aliphatic carbocycles. The van der Waals surface area contributed by atoms with Crippen molar-refractivity contribution in [1.29, 1.82) is 0 Å². The molecule has 0 heterocycles. The number of halogens is 2. The number of hydrogen-bond donors (Lipinski definition) is 1. The Morgan fingerprint density at radius 3 is 2.19 bits per heavy atom. The number of nitrogens with zero attached hydrogens (tertiary/aromatic N) is 1. The Labute approximate surface area is 199 Å². The van der Waals surface area contributed by atoms with Crippen LogP contribution in [0.3, 0.4) is 0 Å². The van der Waals surface area contributed by atoms with Crippen molar-refractivity contribution in [2.45, 2.75) is 32.2 Å². The molecule has 5 nitrogen and oxygen atoms in total. The van der Waals surface area contributed by atoms with E-state index in [0.717, 1.165) is 21.0 Å². The van der Waals surface area contributed by atoms with Gasteiger partial charge in [-0.2, -0.15) is 4.31 Å². The lowest BCUT2D eigenvalue weighted by Gasteiger charge is -2.23. The molecule has 3 rings (SSSR count). The van der Waals surface area contributed by atoms with Crippen molar-refractivity contribution in [2.24, 2.45) is 0 Å². The number of aryl methyl sites for hydroxylation is 3. The first-order valence-corrected chi connectivity index (χ1v) is 12.1. The van der Waals surface area contributed by atoms with E-state index in [1.165, 1.54) is 12.1 Å². The number of benzene rings is 3. The van der Waals surface area contributed by atoms with Crippen molar-refractivity contribution in [1.82, 2.24) is 4.31 Å². The highest BCUT2D eigenvalue weighted by Crippen LogP contribution is 2.26. The average molecular weight is 491 g/mol. The summed E-state index contributed by atoms with van der Waals surface area (Å²) >= 11 is 12.3. The molecule has 0 fully saturated rings. The number of nitrogens with one attached hydrogen (secondary N) is 1. The van der Waals surface area contributed by atoms with Gasteiger partial charge >= 0.3 is 0 Å². The van der Waals surface area contributed by atoms with Crippen molar-refractivity contribution < 1.29 is 13.2 Å². The van der Waals surface area contributed by atoms with Crippen LogP contribution in [0.1, 0.15) is 22.3 Å². The van der Waals surface area contributed by atoms with Gasteiger partial charge in [0.15, 0.2) is 0 Å². The van der Waals surface area contributed by atoms with Gasteiger partial charge in [-0.05, 0) is 62.2 Å². The molecule has 0 unspecified atom stereocenters. The second-order valence-electron chi connectivity index (χ2n) is 7.69. The summed E-state index contributed by atoms with van der Waals surface area (Å²) in [6.07, 6.45) is 0. The second-order valence-corrected chi connectivity index (χ2v) is 10.5. The van der Waals surface area contributed by atoms with Crippen molar-refractivity contribution in [3.05, 3.63) is 93.0 Å². The number of sulfonamides is 1. The molecule has 3 aromatic rings. The molecular formula is C24H24Cl2N2O3S. The molecule has 0 saturated heterocycles. The Morgan fingerprint density at radius 1 is 0.906 bits per heavy atom. The lowest BCUT2D eigenvalue weighted by molar-refractivity contribution is -0.116. The van der Waals surface area contributed by atoms with Crippen LogP contribution in [0.5, 0.6) is 0 Å². The van der Waals surface area contributed by atoms with E-state index < -0.39 is 15.9 Å². The van der Waals surface area contributed by atoms with Crippen LogP contribution in [-0.2, 0) is 21.4 Å². The summed E-state index contributed by atoms with van der Waals surface area (Å²) in [5.74, 6) is -0.447. The third-order valence-corrected chi connectivity index (χ3v) is 7.39. The highest BCUT2D eigenvalue weighted by Gasteiger charge is 2.27. The molecule has 32 heavy (non-hydrogen) atoms. The summed E-state index contributed by atoms with van der Waals surface area (Å²) < 4.78 is 27.9. The Balaban J connectivity index is 1.92. The maximum atomic E-state index is 13.4. The molecule has 0 radical (unpaired) electrons. The van der Waals surface area contributed by atoms with Gasteiger partial charge in [-0.25, -0.2) is 8.42 Å². The van der Waals surface area contributed by atoms with Gasteiger partial charge in [0.1, 0.15) is 0 Å². The molecule has 1 N–H and O–H groups in total. The molecule has 1 amide bonds. The first kappa shape index (κ1) is 24.3. The Kier molecular flexibility index (Phi) is 7.62. The van der Waals surface area contributed by atoms with Crippen molar-refractivity contribution in [3.8, 4) is 0 Å². The lowest BCUT2D eigenvalue weighted by Crippen LogP contribution is -2.37. The monoisotopic (exact) mass is 490 g/mol. The van der Waals surface area contributed by atoms with Crippen LogP contribution in [0.25, 0.3) is 0 Å². The van der Waals surface area contributed by atoms with Gasteiger partial charge in [-0.3, -0.25) is 4.79 Å². The molecule has 8 heteroatoms. The van der Waals surface area contributed by atoms with Crippen LogP contribution in [0, 0.1) is 20.8 Å². The predicted molar refractivity (Wildman–Crippen MR) is 130 cm³/mol. The minimum Gasteiger partial charge on any atom is -0.325 e. The maximum absolute atomic E-state index is 13.4. The number of carbonyl (C=O) groups excluding carboxylic acids is 1. The summed E-state index contributed by atoms with van der Waals surface area (Å²) in [7, 11) is -3.97. The largest absolute Gasteiger partial charge is 0.325 e. The summed E-state index contributed by atoms with van der Waals surface area (Å²) in [5, 5.41) is 3.58. The number of amides is 1. The summed E-state index contributed by atoms with van der Waals surface area (Å²) in [4.78, 5) is 13.0. The molecule has 3 aromatic carbocycles. The Hall–Kier alpha value is -2.38. The molecule has 0 aromatic heterocycles. The van der Waals surface area contributed by atoms with E-state index in [1.807, 2.05) is 32.9 Å². The van der Waals surface area contributed by atoms with E-state index in [-0.39, 0.29) is 18.0 Å². The number of anilines is 1. The highest BCUT2D eigenvalue weighted by molar-refractivity contribution is 7.89. The molecule has 0 bridgehead atoms. The van der Waals surface area contributed by atoms with Crippen molar-refractivity contribution in [2.75, 3.05) is 11.9 Å². The van der Waals surface area contributed by atoms with Crippen LogP contribution in [0.4, 0.5) is 5.69 Å². The Bertz CT molecular complexity index is 1240. The maximum Gasteiger partial charge on any atom is 0.243 e. The van der Waals surface area contributed by atoms with Crippen molar-refractivity contribution >= 4 is 44.8 Å². The normalized spacial score (nSPS) is 11.6. The van der Waals surface area contributed by atoms with E-state index in [1.54, 1.807) is 36.4 Å². The predicted octanol–water partition coefficient (Wildman–Crippen LogP) is 5.75. The molecule has 0 aliphatic rings. The zero-order chi connectivity index (χ0) is 23.5. The van der Waals surface area contributed by atoms with Crippen LogP contribution in [0.15, 0.2) is 65.6 Å². The average Bonchev–Trinajstić information content (AvgIpc) is 2.71. The molecule has 0 aliphatic heterocycles. The number of hydrogen-bond acceptors (Lipinski definition) is 3. The summed E-state index contributed by atoms with van der Waals surface area (Å²) in [5.41, 5.74) is 4.08. The first-order chi connectivity index (χ1) is 15.1. The van der Waals surface area contributed by atoms with Crippen LogP contribution >= 0.6 is 23.2 Å². The number of carbonyl (C=O) groups is 1. The minimum atomic E-state index is -3.97. The van der Waals surface area contributed by atoms with E-state index in [4.69, 9.17) is 23.2 Å². The van der Waals surface area contributed by atoms with E-state index in [2.05, 4.69) is 5.32 Å². The van der Waals surface area contributed by atoms with Gasteiger partial charge in [0.05, 0.1) is 11.4 Å². The summed E-state index contributed by atoms with van der Waals surface area (Å²) in [6.45, 7) is 5.27. The third kappa shape index (κ3) is 5.90. The third-order valence-electron chi connectivity index (χ3n) is 5.00. The fourth-order valence-electron chi connectivity index (χ4n) is 3.23. The topological polar surface area (TPSA) is 66.5 Å². The Morgan fingerprint density at radius 2 is 1.56 bits per heavy atom. The molecule has 0 spiro atoms. The first-order valence-electron chi connectivity index (χ1n) is 9.94. The highest BCUT2D eigenvalue weighted by atomic mass is 35.5. The molecule has 0 atom stereocenters. The zero-order valence-corrected chi connectivity index (χ0v) is 20.4. The van der Waals surface area contributed by atoms with E-state index >= 15 is 0 Å². The zero-order valence-electron chi connectivity index (χ0n) is 18.0. The van der Waals surface area contributed by atoms with Crippen molar-refractivity contribution in [3.63, 3.8) is 0 Å². The summed E-state index contributed by atoms with van der Waals surface area (Å²) in [6, 6.07) is 17.0. The van der Waals surface area contributed by atoms with Crippen LogP contribution < -0.4 is 5.32 Å². The van der Waals surface area contributed by atoms with Crippen LogP contribution in [-0.4, -0.2) is 25.2 Å². The quantitative estimate of drug-likeness (QED) is 0.458. The van der Waals surface area contributed by atoms with Gasteiger partial charge in [0.25, 0.3) is 0 Å². The fourth-order valence-corrected chi connectivity index (χ4v) is 5.07. The van der Waals surface area contributed by atoms with Gasteiger partial charge in [0, 0.05) is 22.3 Å². The van der Waals surface area contributed by atoms with E-state index in [0.29, 0.717) is 21.3 Å². The fraction of sp³-hybridized carbons (Fsp3) is 0.208. The standard InChI is InChI=1S/C24H24Cl2N2O3S/c1-16-4-9-21(10-5-16)32(30,31)28(14-19-7-8-20(25)13-22(19)26)15-24(29)27-23-11-6-17(2)12-18(23)3/h4-13H,14-15H2,1-3H3,(H,27,29). The smallest absolute Gasteiger partial charge is 0.243 e. The number of rotatable bonds is 7. The van der Waals surface area contributed by atoms with Gasteiger partial charge in [-0.15, -0.1) is 0 Å². The van der Waals surface area contributed by atoms with Gasteiger partial charge in [0.2, 0.25) is 15.9 Å². The molecular weight excluding hydrogens is 467 g/mol. The molecule has 168 valence electrons. The van der Waals surface area contributed by atoms with Gasteiger partial charge in [-0.1, -0.05) is 64.7 Å². The SMILES string of the molecule is Cc1ccc(S(=O)(=O)N(CC(=O)Nc2ccc(C)cc2C)Cc2ccc(Cl)cc2Cl)cc1. The van der Waals surface area contributed by atoms with E-state index in [9.17, 15) is 13.2 Å². The molecule has 0 saturated carbocycles. The van der Waals surface area contributed by atoms with Crippen LogP contribution in [0.2, 0.25) is 10.0 Å². The van der Waals surface area contributed by atoms with Gasteiger partial charge < -0.3 is 5.32 Å². The second kappa shape index (κ2) is 10.0. The minimum absolute atomic E-state index is 0.0769. The lowest BCUT2D eigenvalue weighted by atomic mass is 10.1.